The third-order valence-electron chi connectivity index (χ3n) is 4.11. The highest BCUT2D eigenvalue weighted by Crippen LogP contribution is 2.40. The summed E-state index contributed by atoms with van der Waals surface area (Å²) >= 11 is 13.4. The molecule has 28 heavy (non-hydrogen) atoms. The molecule has 138 valence electrons. The Hall–Kier alpha value is -2.53. The molecule has 0 bridgehead atoms. The molecule has 0 saturated heterocycles. The van der Waals surface area contributed by atoms with Crippen molar-refractivity contribution in [2.45, 2.75) is 4.90 Å². The van der Waals surface area contributed by atoms with Gasteiger partial charge >= 0.3 is 5.97 Å². The Morgan fingerprint density at radius 2 is 1.71 bits per heavy atom. The van der Waals surface area contributed by atoms with Crippen molar-refractivity contribution in [1.82, 2.24) is 0 Å². The van der Waals surface area contributed by atoms with Crippen LogP contribution >= 0.6 is 35.0 Å². The van der Waals surface area contributed by atoms with Crippen LogP contribution in [0, 0.1) is 0 Å². The average Bonchev–Trinajstić information content (AvgIpc) is 3.01. The van der Waals surface area contributed by atoms with Crippen molar-refractivity contribution >= 4 is 52.8 Å². The molecule has 4 rings (SSSR count). The number of halogens is 2. The minimum atomic E-state index is -0.587. The molecule has 1 aliphatic rings. The van der Waals surface area contributed by atoms with Gasteiger partial charge in [-0.1, -0.05) is 59.2 Å². The van der Waals surface area contributed by atoms with Gasteiger partial charge in [0.05, 0.1) is 15.5 Å². The lowest BCUT2D eigenvalue weighted by Crippen LogP contribution is -2.09. The van der Waals surface area contributed by atoms with Gasteiger partial charge in [0.1, 0.15) is 5.75 Å². The number of ketones is 1. The second-order valence-corrected chi connectivity index (χ2v) is 7.95. The highest BCUT2D eigenvalue weighted by atomic mass is 35.5. The van der Waals surface area contributed by atoms with E-state index in [1.807, 2.05) is 30.3 Å². The van der Waals surface area contributed by atoms with E-state index in [1.165, 1.54) is 17.8 Å². The van der Waals surface area contributed by atoms with Gasteiger partial charge in [0.25, 0.3) is 0 Å². The van der Waals surface area contributed by atoms with E-state index in [-0.39, 0.29) is 16.4 Å². The molecule has 0 radical (unpaired) electrons. The second-order valence-electron chi connectivity index (χ2n) is 6.02. The highest BCUT2D eigenvalue weighted by molar-refractivity contribution is 8.04. The van der Waals surface area contributed by atoms with E-state index in [4.69, 9.17) is 27.9 Å². The fourth-order valence-corrected chi connectivity index (χ4v) is 4.15. The van der Waals surface area contributed by atoms with E-state index in [0.29, 0.717) is 15.7 Å². The number of hydrogen-bond donors (Lipinski definition) is 0. The van der Waals surface area contributed by atoms with Crippen LogP contribution in [0.25, 0.3) is 6.08 Å². The summed E-state index contributed by atoms with van der Waals surface area (Å²) in [5.41, 5.74) is 1.76. The van der Waals surface area contributed by atoms with Gasteiger partial charge in [-0.25, -0.2) is 4.79 Å². The van der Waals surface area contributed by atoms with Gasteiger partial charge < -0.3 is 4.74 Å². The largest absolute Gasteiger partial charge is 0.423 e. The van der Waals surface area contributed by atoms with E-state index in [0.717, 1.165) is 16.0 Å². The molecule has 3 aromatic rings. The Morgan fingerprint density at radius 1 is 0.964 bits per heavy atom. The minimum absolute atomic E-state index is 0.0201. The number of benzene rings is 3. The van der Waals surface area contributed by atoms with Gasteiger partial charge in [0, 0.05) is 15.5 Å². The lowest BCUT2D eigenvalue weighted by atomic mass is 10.1. The maximum atomic E-state index is 12.4. The van der Waals surface area contributed by atoms with Crippen molar-refractivity contribution in [2.75, 3.05) is 0 Å². The summed E-state index contributed by atoms with van der Waals surface area (Å²) in [5, 5.41) is 0.671. The molecular weight excluding hydrogens is 415 g/mol. The Kier molecular flexibility index (Phi) is 5.27. The number of Topliss-reactive ketones (excluding diaryl/α,β-unsaturated/α-hetero) is 1. The molecular formula is C22H12Cl2O3S. The van der Waals surface area contributed by atoms with Gasteiger partial charge in [0.2, 0.25) is 5.78 Å². The predicted octanol–water partition coefficient (Wildman–Crippen LogP) is 6.54. The third-order valence-corrected chi connectivity index (χ3v) is 5.78. The van der Waals surface area contributed by atoms with Crippen LogP contribution in [0.1, 0.15) is 26.3 Å². The summed E-state index contributed by atoms with van der Waals surface area (Å²) in [6.45, 7) is 0. The van der Waals surface area contributed by atoms with Crippen LogP contribution in [-0.2, 0) is 0 Å². The molecule has 0 N–H and O–H groups in total. The molecule has 0 spiro atoms. The summed E-state index contributed by atoms with van der Waals surface area (Å²) in [6.07, 6.45) is 1.83. The lowest BCUT2D eigenvalue weighted by molar-refractivity contribution is 0.0734. The van der Waals surface area contributed by atoms with Crippen LogP contribution in [0.3, 0.4) is 0 Å². The van der Waals surface area contributed by atoms with Crippen LogP contribution in [0.15, 0.2) is 76.5 Å². The molecule has 6 heteroatoms. The topological polar surface area (TPSA) is 43.4 Å². The number of thioether (sulfide) groups is 1. The zero-order valence-corrected chi connectivity index (χ0v) is 16.6. The lowest BCUT2D eigenvalue weighted by Gasteiger charge is -2.06. The smallest absolute Gasteiger partial charge is 0.345 e. The average molecular weight is 427 g/mol. The molecule has 0 amide bonds. The fourth-order valence-electron chi connectivity index (χ4n) is 2.74. The number of fused-ring (bicyclic) bond motifs is 1. The second kappa shape index (κ2) is 7.84. The maximum absolute atomic E-state index is 12.4. The number of hydrogen-bond acceptors (Lipinski definition) is 4. The molecule has 0 aromatic heterocycles. The molecule has 0 saturated carbocycles. The van der Waals surface area contributed by atoms with E-state index in [2.05, 4.69) is 0 Å². The number of carbonyl (C=O) groups is 2. The van der Waals surface area contributed by atoms with Crippen LogP contribution in [0.4, 0.5) is 0 Å². The normalized spacial score (nSPS) is 14.2. The Bertz CT molecular complexity index is 1120. The summed E-state index contributed by atoms with van der Waals surface area (Å²) in [4.78, 5) is 26.4. The predicted molar refractivity (Wildman–Crippen MR) is 112 cm³/mol. The minimum Gasteiger partial charge on any atom is -0.423 e. The summed E-state index contributed by atoms with van der Waals surface area (Å²) in [5.74, 6) is -0.195. The van der Waals surface area contributed by atoms with Gasteiger partial charge in [-0.2, -0.15) is 0 Å². The zero-order valence-electron chi connectivity index (χ0n) is 14.3. The van der Waals surface area contributed by atoms with Crippen LogP contribution in [0.5, 0.6) is 5.75 Å². The van der Waals surface area contributed by atoms with Crippen molar-refractivity contribution in [2.24, 2.45) is 0 Å². The van der Waals surface area contributed by atoms with E-state index in [1.54, 1.807) is 36.4 Å². The number of allylic oxidation sites excluding steroid dienone is 1. The quantitative estimate of drug-likeness (QED) is 0.270. The van der Waals surface area contributed by atoms with Crippen molar-refractivity contribution in [1.29, 1.82) is 0 Å². The standard InChI is InChI=1S/C22H12Cl2O3S/c23-14-7-10-18(24)17(12-14)22(26)27-15-8-5-13(6-9-15)11-20-21(25)16-3-1-2-4-19(16)28-20/h1-12H/b20-11-. The summed E-state index contributed by atoms with van der Waals surface area (Å²) in [6, 6.07) is 19.0. The summed E-state index contributed by atoms with van der Waals surface area (Å²) in [7, 11) is 0. The summed E-state index contributed by atoms with van der Waals surface area (Å²) < 4.78 is 5.36. The van der Waals surface area contributed by atoms with Crippen molar-refractivity contribution < 1.29 is 14.3 Å². The van der Waals surface area contributed by atoms with E-state index < -0.39 is 5.97 Å². The first-order valence-electron chi connectivity index (χ1n) is 8.32. The van der Waals surface area contributed by atoms with Crippen molar-refractivity contribution in [3.63, 3.8) is 0 Å². The third kappa shape index (κ3) is 3.85. The Labute approximate surface area is 175 Å². The van der Waals surface area contributed by atoms with Crippen molar-refractivity contribution in [3.05, 3.63) is 98.4 Å². The Morgan fingerprint density at radius 3 is 2.46 bits per heavy atom. The molecule has 3 nitrogen and oxygen atoms in total. The SMILES string of the molecule is O=C(Oc1ccc(/C=C2\Sc3ccccc3C2=O)cc1)c1cc(Cl)ccc1Cl. The first-order valence-corrected chi connectivity index (χ1v) is 9.89. The first kappa shape index (κ1) is 18.8. The Balaban J connectivity index is 1.50. The number of carbonyl (C=O) groups excluding carboxylic acids is 2. The van der Waals surface area contributed by atoms with Crippen LogP contribution in [-0.4, -0.2) is 11.8 Å². The molecule has 1 aliphatic heterocycles. The first-order chi connectivity index (χ1) is 13.5. The van der Waals surface area contributed by atoms with Gasteiger partial charge in [-0.3, -0.25) is 4.79 Å². The molecule has 0 fully saturated rings. The highest BCUT2D eigenvalue weighted by Gasteiger charge is 2.25. The molecule has 0 unspecified atom stereocenters. The molecule has 3 aromatic carbocycles. The van der Waals surface area contributed by atoms with Gasteiger partial charge in [0.15, 0.2) is 0 Å². The van der Waals surface area contributed by atoms with Crippen molar-refractivity contribution in [3.8, 4) is 5.75 Å². The molecule has 1 heterocycles. The van der Waals surface area contributed by atoms with Gasteiger partial charge in [-0.15, -0.1) is 0 Å². The molecule has 0 aliphatic carbocycles. The van der Waals surface area contributed by atoms with Gasteiger partial charge in [-0.05, 0) is 54.1 Å². The fraction of sp³-hybridized carbons (Fsp3) is 0. The van der Waals surface area contributed by atoms with Crippen LogP contribution < -0.4 is 4.74 Å². The zero-order chi connectivity index (χ0) is 19.7. The number of esters is 1. The maximum Gasteiger partial charge on any atom is 0.345 e. The van der Waals surface area contributed by atoms with E-state index in [9.17, 15) is 9.59 Å². The monoisotopic (exact) mass is 426 g/mol. The number of rotatable bonds is 3. The van der Waals surface area contributed by atoms with Crippen LogP contribution in [0.2, 0.25) is 10.0 Å². The van der Waals surface area contributed by atoms with E-state index >= 15 is 0 Å². The molecule has 0 atom stereocenters. The number of ether oxygens (including phenoxy) is 1.